The zero-order valence-corrected chi connectivity index (χ0v) is 22.2. The Morgan fingerprint density at radius 2 is 1.66 bits per heavy atom. The molecule has 1 N–H and O–H groups in total. The molecule has 3 aromatic rings. The number of rotatable bonds is 7. The number of hydrogen-bond acceptors (Lipinski definition) is 6. The number of thioether (sulfide) groups is 1. The Balaban J connectivity index is 1.67. The Morgan fingerprint density at radius 3 is 2.26 bits per heavy atom. The topological polar surface area (TPSA) is 99.5 Å². The minimum absolute atomic E-state index is 0.130. The summed E-state index contributed by atoms with van der Waals surface area (Å²) in [5, 5.41) is 12.7. The molecule has 1 heterocycles. The van der Waals surface area contributed by atoms with Crippen LogP contribution in [0.25, 0.3) is 0 Å². The first kappa shape index (κ1) is 26.7. The summed E-state index contributed by atoms with van der Waals surface area (Å²) in [4.78, 5) is 40.4. The smallest absolute Gasteiger partial charge is 0.338 e. The van der Waals surface area contributed by atoms with Crippen LogP contribution in [0.1, 0.15) is 34.0 Å². The number of nitriles is 1. The largest absolute Gasteiger partial charge is 0.462 e. The molecule has 0 saturated carbocycles. The van der Waals surface area contributed by atoms with E-state index in [2.05, 4.69) is 5.32 Å². The number of amides is 2. The number of carbonyl (C=O) groups excluding carboxylic acids is 3. The second kappa shape index (κ2) is 11.8. The molecule has 2 amide bonds. The number of benzene rings is 3. The second-order valence-electron chi connectivity index (χ2n) is 8.75. The van der Waals surface area contributed by atoms with Gasteiger partial charge in [0, 0.05) is 11.4 Å². The first-order valence-corrected chi connectivity index (χ1v) is 13.1. The van der Waals surface area contributed by atoms with Crippen LogP contribution in [-0.4, -0.2) is 29.6 Å². The maximum absolute atomic E-state index is 13.6. The Morgan fingerprint density at radius 1 is 1.00 bits per heavy atom. The third-order valence-electron chi connectivity index (χ3n) is 6.13. The van der Waals surface area contributed by atoms with Gasteiger partial charge in [-0.05, 0) is 68.1 Å². The Labute approximate surface area is 226 Å². The number of para-hydroxylation sites is 2. The van der Waals surface area contributed by atoms with E-state index in [-0.39, 0.29) is 18.1 Å². The van der Waals surface area contributed by atoms with Crippen molar-refractivity contribution in [3.8, 4) is 6.07 Å². The highest BCUT2D eigenvalue weighted by Gasteiger charge is 2.40. The van der Waals surface area contributed by atoms with Gasteiger partial charge in [0.1, 0.15) is 16.7 Å². The maximum Gasteiger partial charge on any atom is 0.338 e. The van der Waals surface area contributed by atoms with Gasteiger partial charge in [0.05, 0.1) is 17.4 Å². The third kappa shape index (κ3) is 5.63. The lowest BCUT2D eigenvalue weighted by atomic mass is 10.1. The molecular formula is C30H27N3O4S. The molecule has 8 heteroatoms. The molecule has 1 fully saturated rings. The van der Waals surface area contributed by atoms with Gasteiger partial charge in [-0.15, -0.1) is 0 Å². The lowest BCUT2D eigenvalue weighted by Gasteiger charge is -2.19. The van der Waals surface area contributed by atoms with Crippen molar-refractivity contribution in [1.29, 1.82) is 5.26 Å². The van der Waals surface area contributed by atoms with Gasteiger partial charge in [-0.1, -0.05) is 60.3 Å². The average Bonchev–Trinajstić information content (AvgIpc) is 3.23. The highest BCUT2D eigenvalue weighted by molar-refractivity contribution is 8.05. The van der Waals surface area contributed by atoms with Crippen molar-refractivity contribution in [1.82, 2.24) is 0 Å². The summed E-state index contributed by atoms with van der Waals surface area (Å²) < 4.78 is 5.04. The van der Waals surface area contributed by atoms with Gasteiger partial charge in [-0.3, -0.25) is 14.5 Å². The van der Waals surface area contributed by atoms with Crippen LogP contribution < -0.4 is 10.2 Å². The number of nitrogens with zero attached hydrogens (tertiary/aromatic N) is 2. The number of carbonyl (C=O) groups is 3. The van der Waals surface area contributed by atoms with E-state index in [0.717, 1.165) is 16.7 Å². The molecule has 1 saturated heterocycles. The number of anilines is 2. The molecule has 1 aliphatic heterocycles. The zero-order valence-electron chi connectivity index (χ0n) is 21.4. The van der Waals surface area contributed by atoms with Crippen LogP contribution in [0.4, 0.5) is 11.4 Å². The fourth-order valence-corrected chi connectivity index (χ4v) is 5.50. The fraction of sp³-hybridized carbons (Fsp3) is 0.200. The summed E-state index contributed by atoms with van der Waals surface area (Å²) in [5.41, 5.74) is 4.12. The predicted octanol–water partition coefficient (Wildman–Crippen LogP) is 5.55. The summed E-state index contributed by atoms with van der Waals surface area (Å²) in [5.74, 6) is -1.20. The molecule has 1 unspecified atom stereocenters. The van der Waals surface area contributed by atoms with Crippen LogP contribution >= 0.6 is 11.8 Å². The Kier molecular flexibility index (Phi) is 8.29. The molecule has 1 aliphatic rings. The molecule has 38 heavy (non-hydrogen) atoms. The van der Waals surface area contributed by atoms with Crippen molar-refractivity contribution in [2.24, 2.45) is 0 Å². The molecule has 0 aromatic heterocycles. The molecule has 0 aliphatic carbocycles. The van der Waals surface area contributed by atoms with Gasteiger partial charge in [-0.2, -0.15) is 5.26 Å². The quantitative estimate of drug-likeness (QED) is 0.247. The summed E-state index contributed by atoms with van der Waals surface area (Å²) in [6.45, 7) is 5.80. The van der Waals surface area contributed by atoms with E-state index in [0.29, 0.717) is 28.4 Å². The number of hydrogen-bond donors (Lipinski definition) is 1. The van der Waals surface area contributed by atoms with Crippen LogP contribution in [0.2, 0.25) is 0 Å². The average molecular weight is 526 g/mol. The minimum Gasteiger partial charge on any atom is -0.462 e. The van der Waals surface area contributed by atoms with E-state index in [1.54, 1.807) is 55.5 Å². The highest BCUT2D eigenvalue weighted by Crippen LogP contribution is 2.42. The second-order valence-corrected chi connectivity index (χ2v) is 9.94. The van der Waals surface area contributed by atoms with Gasteiger partial charge in [0.2, 0.25) is 5.91 Å². The van der Waals surface area contributed by atoms with Crippen molar-refractivity contribution >= 4 is 40.9 Å². The lowest BCUT2D eigenvalue weighted by Crippen LogP contribution is -2.31. The third-order valence-corrected chi connectivity index (χ3v) is 7.39. The summed E-state index contributed by atoms with van der Waals surface area (Å²) in [6.07, 6.45) is 0.358. The van der Waals surface area contributed by atoms with Crippen molar-refractivity contribution < 1.29 is 19.1 Å². The molecule has 0 radical (unpaired) electrons. The summed E-state index contributed by atoms with van der Waals surface area (Å²) >= 11 is 1.20. The summed E-state index contributed by atoms with van der Waals surface area (Å²) in [7, 11) is 0. The van der Waals surface area contributed by atoms with E-state index in [4.69, 9.17) is 4.74 Å². The number of aryl methyl sites for hydroxylation is 2. The van der Waals surface area contributed by atoms with Crippen molar-refractivity contribution in [2.75, 3.05) is 16.8 Å². The van der Waals surface area contributed by atoms with Crippen molar-refractivity contribution in [3.05, 3.63) is 106 Å². The Bertz CT molecular complexity index is 1420. The van der Waals surface area contributed by atoms with E-state index >= 15 is 0 Å². The van der Waals surface area contributed by atoms with Gasteiger partial charge < -0.3 is 10.1 Å². The number of nitrogens with one attached hydrogen (secondary N) is 1. The van der Waals surface area contributed by atoms with Gasteiger partial charge >= 0.3 is 5.97 Å². The van der Waals surface area contributed by atoms with E-state index < -0.39 is 17.1 Å². The van der Waals surface area contributed by atoms with Crippen molar-refractivity contribution in [2.45, 2.75) is 32.4 Å². The molecule has 7 nitrogen and oxygen atoms in total. The predicted molar refractivity (Wildman–Crippen MR) is 149 cm³/mol. The molecular weight excluding hydrogens is 498 g/mol. The Hall–Kier alpha value is -4.35. The summed E-state index contributed by atoms with van der Waals surface area (Å²) in [6, 6.07) is 23.6. The fourth-order valence-electron chi connectivity index (χ4n) is 4.19. The number of esters is 1. The highest BCUT2D eigenvalue weighted by atomic mass is 32.2. The normalized spacial score (nSPS) is 16.1. The van der Waals surface area contributed by atoms with Gasteiger partial charge in [-0.25, -0.2) is 4.79 Å². The zero-order chi connectivity index (χ0) is 27.2. The number of ether oxygens (including phenoxy) is 1. The van der Waals surface area contributed by atoms with Gasteiger partial charge in [0.15, 0.2) is 0 Å². The molecule has 4 rings (SSSR count). The first-order chi connectivity index (χ1) is 18.3. The van der Waals surface area contributed by atoms with Gasteiger partial charge in [0.25, 0.3) is 5.91 Å². The lowest BCUT2D eigenvalue weighted by molar-refractivity contribution is -0.117. The molecule has 3 aromatic carbocycles. The minimum atomic E-state index is -0.569. The SMILES string of the molecule is CCOC(=O)c1ccc(CC2S/C(=C(/C#N)C(=O)Nc3c(C)cccc3C)N(c3ccccc3)C2=O)cc1. The van der Waals surface area contributed by atoms with E-state index in [1.165, 1.54) is 16.7 Å². The molecule has 0 spiro atoms. The van der Waals surface area contributed by atoms with Crippen LogP contribution in [0.15, 0.2) is 83.4 Å². The van der Waals surface area contributed by atoms with Crippen LogP contribution in [0.5, 0.6) is 0 Å². The van der Waals surface area contributed by atoms with E-state index in [9.17, 15) is 19.6 Å². The molecule has 192 valence electrons. The monoisotopic (exact) mass is 525 g/mol. The van der Waals surface area contributed by atoms with Crippen LogP contribution in [0, 0.1) is 25.2 Å². The standard InChI is InChI=1S/C30H27N3O4S/c1-4-37-30(36)22-15-13-21(14-16-22)17-25-28(35)33(23-11-6-5-7-12-23)29(38-25)24(18-31)27(34)32-26-19(2)9-8-10-20(26)3/h5-16,25H,4,17H2,1-3H3,(H,32,34)/b29-24-. The van der Waals surface area contributed by atoms with Crippen molar-refractivity contribution in [3.63, 3.8) is 0 Å². The van der Waals surface area contributed by atoms with E-state index in [1.807, 2.05) is 44.2 Å². The van der Waals surface area contributed by atoms with Crippen LogP contribution in [-0.2, 0) is 20.7 Å². The maximum atomic E-state index is 13.6. The molecule has 1 atom stereocenters. The first-order valence-electron chi connectivity index (χ1n) is 12.2. The molecule has 0 bridgehead atoms. The van der Waals surface area contributed by atoms with Crippen LogP contribution in [0.3, 0.4) is 0 Å².